The fourth-order valence-electron chi connectivity index (χ4n) is 3.37. The molecule has 1 atom stereocenters. The molecule has 17 heavy (non-hydrogen) atoms. The van der Waals surface area contributed by atoms with Crippen LogP contribution in [0, 0.1) is 5.92 Å². The number of aliphatic hydroxyl groups is 1. The van der Waals surface area contributed by atoms with Gasteiger partial charge in [0.2, 0.25) is 0 Å². The predicted octanol–water partition coefficient (Wildman–Crippen LogP) is 1.57. The molecule has 100 valence electrons. The van der Waals surface area contributed by atoms with Crippen LogP contribution in [-0.4, -0.2) is 60.3 Å². The minimum Gasteiger partial charge on any atom is -0.395 e. The topological polar surface area (TPSA) is 26.7 Å². The third-order valence-corrected chi connectivity index (χ3v) is 4.60. The molecule has 0 amide bonds. The zero-order valence-corrected chi connectivity index (χ0v) is 11.3. The molecule has 2 aliphatic rings. The van der Waals surface area contributed by atoms with Gasteiger partial charge in [0.1, 0.15) is 0 Å². The lowest BCUT2D eigenvalue weighted by atomic mass is 10.1. The summed E-state index contributed by atoms with van der Waals surface area (Å²) in [5.74, 6) is 0.973. The highest BCUT2D eigenvalue weighted by Crippen LogP contribution is 2.25. The highest BCUT2D eigenvalue weighted by molar-refractivity contribution is 4.80. The van der Waals surface area contributed by atoms with Gasteiger partial charge in [0.25, 0.3) is 0 Å². The van der Waals surface area contributed by atoms with E-state index in [0.29, 0.717) is 12.6 Å². The van der Waals surface area contributed by atoms with Crippen LogP contribution in [0.15, 0.2) is 0 Å². The molecule has 2 fully saturated rings. The summed E-state index contributed by atoms with van der Waals surface area (Å²) in [7, 11) is 0. The van der Waals surface area contributed by atoms with Crippen molar-refractivity contribution in [2.24, 2.45) is 5.92 Å². The van der Waals surface area contributed by atoms with Gasteiger partial charge in [-0.15, -0.1) is 0 Å². The first-order valence-corrected chi connectivity index (χ1v) is 7.40. The highest BCUT2D eigenvalue weighted by atomic mass is 16.3. The molecule has 3 nitrogen and oxygen atoms in total. The summed E-state index contributed by atoms with van der Waals surface area (Å²) >= 11 is 0. The van der Waals surface area contributed by atoms with Crippen molar-refractivity contribution in [3.8, 4) is 0 Å². The standard InChI is InChI=1S/C14H28N2O/c1-2-14(12-17)16-9-7-15(8-10-16)11-13-5-3-4-6-13/h13-14,17H,2-12H2,1H3. The first kappa shape index (κ1) is 13.3. The largest absolute Gasteiger partial charge is 0.395 e. The zero-order chi connectivity index (χ0) is 12.1. The molecule has 0 aromatic heterocycles. The van der Waals surface area contributed by atoms with Crippen molar-refractivity contribution >= 4 is 0 Å². The van der Waals surface area contributed by atoms with E-state index >= 15 is 0 Å². The number of rotatable bonds is 5. The first-order valence-electron chi connectivity index (χ1n) is 7.40. The third kappa shape index (κ3) is 3.67. The van der Waals surface area contributed by atoms with Crippen LogP contribution in [0.4, 0.5) is 0 Å². The molecule has 1 unspecified atom stereocenters. The molecule has 1 aliphatic carbocycles. The van der Waals surface area contributed by atoms with Crippen LogP contribution < -0.4 is 0 Å². The second-order valence-electron chi connectivity index (χ2n) is 5.73. The number of hydrogen-bond donors (Lipinski definition) is 1. The maximum atomic E-state index is 9.32. The Morgan fingerprint density at radius 2 is 1.76 bits per heavy atom. The van der Waals surface area contributed by atoms with Crippen LogP contribution in [0.3, 0.4) is 0 Å². The molecular weight excluding hydrogens is 212 g/mol. The molecule has 2 rings (SSSR count). The molecule has 3 heteroatoms. The van der Waals surface area contributed by atoms with Crippen molar-refractivity contribution in [3.63, 3.8) is 0 Å². The molecule has 1 N–H and O–H groups in total. The minimum absolute atomic E-state index is 0.319. The monoisotopic (exact) mass is 240 g/mol. The predicted molar refractivity (Wildman–Crippen MR) is 71.1 cm³/mol. The summed E-state index contributed by atoms with van der Waals surface area (Å²) in [6, 6.07) is 0.392. The Balaban J connectivity index is 1.69. The van der Waals surface area contributed by atoms with E-state index in [1.54, 1.807) is 0 Å². The van der Waals surface area contributed by atoms with Crippen molar-refractivity contribution in [2.75, 3.05) is 39.3 Å². The molecule has 1 aliphatic heterocycles. The van der Waals surface area contributed by atoms with Crippen molar-refractivity contribution in [1.82, 2.24) is 9.80 Å². The van der Waals surface area contributed by atoms with E-state index in [1.807, 2.05) is 0 Å². The molecule has 0 aromatic carbocycles. The van der Waals surface area contributed by atoms with Gasteiger partial charge in [0.15, 0.2) is 0 Å². The molecular formula is C14H28N2O. The lowest BCUT2D eigenvalue weighted by Crippen LogP contribution is -2.51. The zero-order valence-electron chi connectivity index (χ0n) is 11.3. The Kier molecular flexibility index (Phi) is 5.26. The van der Waals surface area contributed by atoms with Gasteiger partial charge in [-0.05, 0) is 25.2 Å². The molecule has 1 saturated heterocycles. The maximum absolute atomic E-state index is 9.32. The third-order valence-electron chi connectivity index (χ3n) is 4.60. The summed E-state index contributed by atoms with van der Waals surface area (Å²) in [5, 5.41) is 9.32. The SMILES string of the molecule is CCC(CO)N1CCN(CC2CCCC2)CC1. The Bertz CT molecular complexity index is 204. The van der Waals surface area contributed by atoms with Gasteiger partial charge in [-0.2, -0.15) is 0 Å². The van der Waals surface area contributed by atoms with Crippen LogP contribution >= 0.6 is 0 Å². The van der Waals surface area contributed by atoms with E-state index < -0.39 is 0 Å². The number of aliphatic hydroxyl groups excluding tert-OH is 1. The van der Waals surface area contributed by atoms with Gasteiger partial charge in [0, 0.05) is 38.8 Å². The van der Waals surface area contributed by atoms with E-state index in [0.717, 1.165) is 25.4 Å². The summed E-state index contributed by atoms with van der Waals surface area (Å²) in [6.07, 6.45) is 6.88. The van der Waals surface area contributed by atoms with Gasteiger partial charge in [-0.1, -0.05) is 19.8 Å². The minimum atomic E-state index is 0.319. The molecule has 0 spiro atoms. The van der Waals surface area contributed by atoms with Crippen LogP contribution in [-0.2, 0) is 0 Å². The molecule has 0 bridgehead atoms. The molecule has 0 radical (unpaired) electrons. The fraction of sp³-hybridized carbons (Fsp3) is 1.00. The van der Waals surface area contributed by atoms with Gasteiger partial charge in [-0.25, -0.2) is 0 Å². The van der Waals surface area contributed by atoms with Gasteiger partial charge in [0.05, 0.1) is 6.61 Å². The van der Waals surface area contributed by atoms with Crippen molar-refractivity contribution < 1.29 is 5.11 Å². The average Bonchev–Trinajstić information content (AvgIpc) is 2.86. The Morgan fingerprint density at radius 1 is 1.12 bits per heavy atom. The Labute approximate surface area is 106 Å². The number of hydrogen-bond acceptors (Lipinski definition) is 3. The van der Waals surface area contributed by atoms with Crippen LogP contribution in [0.1, 0.15) is 39.0 Å². The highest BCUT2D eigenvalue weighted by Gasteiger charge is 2.24. The van der Waals surface area contributed by atoms with E-state index in [2.05, 4.69) is 16.7 Å². The summed E-state index contributed by atoms with van der Waals surface area (Å²) in [4.78, 5) is 5.10. The molecule has 1 saturated carbocycles. The first-order chi connectivity index (χ1) is 8.33. The lowest BCUT2D eigenvalue weighted by Gasteiger charge is -2.39. The summed E-state index contributed by atoms with van der Waals surface area (Å²) < 4.78 is 0. The van der Waals surface area contributed by atoms with Gasteiger partial charge < -0.3 is 10.0 Å². The average molecular weight is 240 g/mol. The fourth-order valence-corrected chi connectivity index (χ4v) is 3.37. The Morgan fingerprint density at radius 3 is 2.29 bits per heavy atom. The van der Waals surface area contributed by atoms with Crippen LogP contribution in [0.5, 0.6) is 0 Å². The summed E-state index contributed by atoms with van der Waals surface area (Å²) in [5.41, 5.74) is 0. The number of nitrogens with zero attached hydrogens (tertiary/aromatic N) is 2. The van der Waals surface area contributed by atoms with Crippen LogP contribution in [0.2, 0.25) is 0 Å². The van der Waals surface area contributed by atoms with E-state index in [-0.39, 0.29) is 0 Å². The second-order valence-corrected chi connectivity index (χ2v) is 5.73. The van der Waals surface area contributed by atoms with Crippen molar-refractivity contribution in [2.45, 2.75) is 45.1 Å². The van der Waals surface area contributed by atoms with Gasteiger partial charge >= 0.3 is 0 Å². The molecule has 0 aromatic rings. The normalized spacial score (nSPS) is 26.5. The van der Waals surface area contributed by atoms with Crippen LogP contribution in [0.25, 0.3) is 0 Å². The van der Waals surface area contributed by atoms with E-state index in [1.165, 1.54) is 45.3 Å². The van der Waals surface area contributed by atoms with E-state index in [4.69, 9.17) is 0 Å². The lowest BCUT2D eigenvalue weighted by molar-refractivity contribution is 0.0578. The second kappa shape index (κ2) is 6.72. The quantitative estimate of drug-likeness (QED) is 0.790. The number of piperazine rings is 1. The summed E-state index contributed by atoms with van der Waals surface area (Å²) in [6.45, 7) is 8.51. The smallest absolute Gasteiger partial charge is 0.0586 e. The van der Waals surface area contributed by atoms with Crippen molar-refractivity contribution in [3.05, 3.63) is 0 Å². The van der Waals surface area contributed by atoms with Crippen molar-refractivity contribution in [1.29, 1.82) is 0 Å². The maximum Gasteiger partial charge on any atom is 0.0586 e. The van der Waals surface area contributed by atoms with Gasteiger partial charge in [-0.3, -0.25) is 4.90 Å². The molecule has 1 heterocycles. The van der Waals surface area contributed by atoms with E-state index in [9.17, 15) is 5.11 Å². The Hall–Kier alpha value is -0.120.